The van der Waals surface area contributed by atoms with E-state index >= 15 is 0 Å². The lowest BCUT2D eigenvalue weighted by Crippen LogP contribution is -2.30. The standard InChI is InChI=1S/C10H9BrClFN2O3/c11-6-3-5(13)4-7(12)9(6)15-10(18)14-2-1-8(16)17/h3-4H,1-2H2,(H,16,17)(H2,14,15,18). The number of benzene rings is 1. The van der Waals surface area contributed by atoms with Crippen molar-refractivity contribution in [2.24, 2.45) is 0 Å². The van der Waals surface area contributed by atoms with Gasteiger partial charge in [0, 0.05) is 11.0 Å². The molecule has 18 heavy (non-hydrogen) atoms. The summed E-state index contributed by atoms with van der Waals surface area (Å²) in [6, 6.07) is 1.59. The predicted molar refractivity (Wildman–Crippen MR) is 68.4 cm³/mol. The summed E-state index contributed by atoms with van der Waals surface area (Å²) in [7, 11) is 0. The van der Waals surface area contributed by atoms with E-state index in [4.69, 9.17) is 16.7 Å². The smallest absolute Gasteiger partial charge is 0.319 e. The second-order valence-electron chi connectivity index (χ2n) is 3.27. The molecular weight excluding hydrogens is 330 g/mol. The van der Waals surface area contributed by atoms with Gasteiger partial charge in [-0.3, -0.25) is 4.79 Å². The average molecular weight is 340 g/mol. The molecule has 1 aromatic carbocycles. The number of carboxylic acids is 1. The summed E-state index contributed by atoms with van der Waals surface area (Å²) in [6.45, 7) is -0.0163. The van der Waals surface area contributed by atoms with Crippen molar-refractivity contribution in [1.29, 1.82) is 0 Å². The van der Waals surface area contributed by atoms with Gasteiger partial charge in [-0.05, 0) is 28.1 Å². The SMILES string of the molecule is O=C(O)CCNC(=O)Nc1c(Cl)cc(F)cc1Br. The number of halogens is 3. The number of aliphatic carboxylic acids is 1. The van der Waals surface area contributed by atoms with Crippen LogP contribution in [-0.2, 0) is 4.79 Å². The van der Waals surface area contributed by atoms with Crippen LogP contribution in [0.25, 0.3) is 0 Å². The largest absolute Gasteiger partial charge is 0.481 e. The normalized spacial score (nSPS) is 9.94. The van der Waals surface area contributed by atoms with Crippen LogP contribution in [0.5, 0.6) is 0 Å². The highest BCUT2D eigenvalue weighted by atomic mass is 79.9. The van der Waals surface area contributed by atoms with Gasteiger partial charge in [-0.25, -0.2) is 9.18 Å². The topological polar surface area (TPSA) is 78.4 Å². The van der Waals surface area contributed by atoms with E-state index in [2.05, 4.69) is 26.6 Å². The first-order chi connectivity index (χ1) is 8.40. The molecule has 0 unspecified atom stereocenters. The minimum Gasteiger partial charge on any atom is -0.481 e. The molecule has 0 bridgehead atoms. The van der Waals surface area contributed by atoms with E-state index in [0.717, 1.165) is 12.1 Å². The zero-order chi connectivity index (χ0) is 13.7. The molecule has 0 spiro atoms. The fourth-order valence-electron chi connectivity index (χ4n) is 1.10. The molecule has 1 aromatic rings. The molecule has 0 saturated heterocycles. The number of rotatable bonds is 4. The highest BCUT2D eigenvalue weighted by Gasteiger charge is 2.11. The van der Waals surface area contributed by atoms with Crippen LogP contribution >= 0.6 is 27.5 Å². The van der Waals surface area contributed by atoms with Crippen LogP contribution < -0.4 is 10.6 Å². The van der Waals surface area contributed by atoms with Crippen LogP contribution in [0.15, 0.2) is 16.6 Å². The molecule has 0 aromatic heterocycles. The maximum Gasteiger partial charge on any atom is 0.319 e. The van der Waals surface area contributed by atoms with Gasteiger partial charge in [-0.2, -0.15) is 0 Å². The Morgan fingerprint density at radius 2 is 2.11 bits per heavy atom. The molecule has 0 radical (unpaired) electrons. The number of anilines is 1. The summed E-state index contributed by atoms with van der Waals surface area (Å²) in [5, 5.41) is 13.1. The Kier molecular flexibility index (Phi) is 5.36. The monoisotopic (exact) mass is 338 g/mol. The quantitative estimate of drug-likeness (QED) is 0.789. The van der Waals surface area contributed by atoms with Gasteiger partial charge in [0.05, 0.1) is 17.1 Å². The van der Waals surface area contributed by atoms with E-state index in [9.17, 15) is 14.0 Å². The van der Waals surface area contributed by atoms with Crippen LogP contribution in [-0.4, -0.2) is 23.7 Å². The molecule has 0 aliphatic heterocycles. The number of hydrogen-bond donors (Lipinski definition) is 3. The van der Waals surface area contributed by atoms with E-state index in [1.807, 2.05) is 0 Å². The van der Waals surface area contributed by atoms with Crippen molar-refractivity contribution in [3.05, 3.63) is 27.4 Å². The van der Waals surface area contributed by atoms with E-state index in [1.165, 1.54) is 0 Å². The minimum atomic E-state index is -1.02. The van der Waals surface area contributed by atoms with Crippen LogP contribution in [0.2, 0.25) is 5.02 Å². The van der Waals surface area contributed by atoms with E-state index in [1.54, 1.807) is 0 Å². The van der Waals surface area contributed by atoms with Gasteiger partial charge in [0.25, 0.3) is 0 Å². The first-order valence-electron chi connectivity index (χ1n) is 4.81. The molecule has 98 valence electrons. The second-order valence-corrected chi connectivity index (χ2v) is 4.53. The van der Waals surface area contributed by atoms with Gasteiger partial charge >= 0.3 is 12.0 Å². The Bertz CT molecular complexity index is 461. The summed E-state index contributed by atoms with van der Waals surface area (Å²) in [6.07, 6.45) is -0.189. The third kappa shape index (κ3) is 4.50. The molecule has 0 heterocycles. The molecule has 0 aliphatic rings. The van der Waals surface area contributed by atoms with Gasteiger partial charge < -0.3 is 15.7 Å². The first kappa shape index (κ1) is 14.7. The Balaban J connectivity index is 2.62. The lowest BCUT2D eigenvalue weighted by atomic mass is 10.3. The number of nitrogens with one attached hydrogen (secondary N) is 2. The number of carboxylic acid groups (broad SMARTS) is 1. The number of hydrogen-bond acceptors (Lipinski definition) is 2. The third-order valence-electron chi connectivity index (χ3n) is 1.87. The summed E-state index contributed by atoms with van der Waals surface area (Å²) in [5.41, 5.74) is 0.214. The molecule has 3 N–H and O–H groups in total. The molecule has 8 heteroatoms. The van der Waals surface area contributed by atoms with Crippen molar-refractivity contribution in [1.82, 2.24) is 5.32 Å². The van der Waals surface area contributed by atoms with Crippen LogP contribution in [0.3, 0.4) is 0 Å². The summed E-state index contributed by atoms with van der Waals surface area (Å²) >= 11 is 8.81. The fraction of sp³-hybridized carbons (Fsp3) is 0.200. The molecule has 0 fully saturated rings. The zero-order valence-corrected chi connectivity index (χ0v) is 11.3. The van der Waals surface area contributed by atoms with Crippen molar-refractivity contribution in [2.45, 2.75) is 6.42 Å². The Morgan fingerprint density at radius 3 is 2.67 bits per heavy atom. The van der Waals surface area contributed by atoms with Gasteiger partial charge in [0.1, 0.15) is 5.82 Å². The van der Waals surface area contributed by atoms with Gasteiger partial charge in [0.15, 0.2) is 0 Å². The Labute approximate surface area is 115 Å². The second kappa shape index (κ2) is 6.55. The van der Waals surface area contributed by atoms with Gasteiger partial charge in [-0.15, -0.1) is 0 Å². The first-order valence-corrected chi connectivity index (χ1v) is 5.98. The molecule has 1 rings (SSSR count). The van der Waals surface area contributed by atoms with Crippen molar-refractivity contribution < 1.29 is 19.1 Å². The minimum absolute atomic E-state index is 0.0163. The van der Waals surface area contributed by atoms with Gasteiger partial charge in [0.2, 0.25) is 0 Å². The third-order valence-corrected chi connectivity index (χ3v) is 2.79. The van der Waals surface area contributed by atoms with Crippen molar-refractivity contribution in [2.75, 3.05) is 11.9 Å². The van der Waals surface area contributed by atoms with Crippen LogP contribution in [0.1, 0.15) is 6.42 Å². The zero-order valence-electron chi connectivity index (χ0n) is 8.97. The van der Waals surface area contributed by atoms with Crippen molar-refractivity contribution in [3.8, 4) is 0 Å². The molecule has 0 atom stereocenters. The van der Waals surface area contributed by atoms with Crippen molar-refractivity contribution in [3.63, 3.8) is 0 Å². The molecule has 5 nitrogen and oxygen atoms in total. The number of carbonyl (C=O) groups is 2. The molecule has 0 aliphatic carbocycles. The van der Waals surface area contributed by atoms with E-state index in [-0.39, 0.29) is 23.7 Å². The number of amides is 2. The molecule has 2 amide bonds. The maximum absolute atomic E-state index is 12.9. The van der Waals surface area contributed by atoms with E-state index in [0.29, 0.717) is 4.47 Å². The highest BCUT2D eigenvalue weighted by molar-refractivity contribution is 9.10. The summed E-state index contributed by atoms with van der Waals surface area (Å²) in [4.78, 5) is 21.6. The fourth-order valence-corrected chi connectivity index (χ4v) is 2.00. The summed E-state index contributed by atoms with van der Waals surface area (Å²) in [5.74, 6) is -1.56. The number of urea groups is 1. The molecular formula is C10H9BrClFN2O3. The lowest BCUT2D eigenvalue weighted by Gasteiger charge is -2.10. The van der Waals surface area contributed by atoms with Crippen LogP contribution in [0, 0.1) is 5.82 Å². The number of carbonyl (C=O) groups excluding carboxylic acids is 1. The van der Waals surface area contributed by atoms with E-state index < -0.39 is 17.8 Å². The average Bonchev–Trinajstić information content (AvgIpc) is 2.22. The highest BCUT2D eigenvalue weighted by Crippen LogP contribution is 2.31. The van der Waals surface area contributed by atoms with Crippen LogP contribution in [0.4, 0.5) is 14.9 Å². The maximum atomic E-state index is 12.9. The predicted octanol–water partition coefficient (Wildman–Crippen LogP) is 2.84. The van der Waals surface area contributed by atoms with Crippen molar-refractivity contribution >= 4 is 45.2 Å². The lowest BCUT2D eigenvalue weighted by molar-refractivity contribution is -0.136. The Morgan fingerprint density at radius 1 is 1.44 bits per heavy atom. The summed E-state index contributed by atoms with van der Waals surface area (Å²) < 4.78 is 13.2. The molecule has 0 saturated carbocycles. The van der Waals surface area contributed by atoms with Gasteiger partial charge in [-0.1, -0.05) is 11.6 Å². The Hall–Kier alpha value is -1.34.